The number of hydrogen-bond acceptors (Lipinski definition) is 6. The van der Waals surface area contributed by atoms with Gasteiger partial charge in [0.15, 0.2) is 5.16 Å². The van der Waals surface area contributed by atoms with E-state index in [1.54, 1.807) is 0 Å². The minimum absolute atomic E-state index is 0.0298. The molecule has 6 nitrogen and oxygen atoms in total. The number of aromatic nitrogens is 2. The number of para-hydroxylation sites is 2. The van der Waals surface area contributed by atoms with Crippen LogP contribution in [-0.4, -0.2) is 40.9 Å². The molecule has 0 spiro atoms. The highest BCUT2D eigenvalue weighted by Gasteiger charge is 2.26. The van der Waals surface area contributed by atoms with E-state index in [4.69, 9.17) is 9.47 Å². The Morgan fingerprint density at radius 1 is 0.943 bits per heavy atom. The van der Waals surface area contributed by atoms with E-state index >= 15 is 0 Å². The van der Waals surface area contributed by atoms with E-state index in [9.17, 15) is 9.59 Å². The molecule has 3 atom stereocenters. The molecule has 0 fully saturated rings. The van der Waals surface area contributed by atoms with Crippen molar-refractivity contribution in [2.45, 2.75) is 90.6 Å². The van der Waals surface area contributed by atoms with E-state index in [0.29, 0.717) is 30.8 Å². The number of carbonyl (C=O) groups is 2. The van der Waals surface area contributed by atoms with Gasteiger partial charge in [-0.05, 0) is 36.8 Å². The summed E-state index contributed by atoms with van der Waals surface area (Å²) < 4.78 is 11.3. The maximum absolute atomic E-state index is 13.0. The Balaban J connectivity index is 1.98. The Kier molecular flexibility index (Phi) is 13.9. The Bertz CT molecular complexity index is 852. The van der Waals surface area contributed by atoms with Crippen molar-refractivity contribution in [2.24, 2.45) is 17.8 Å². The molecule has 0 saturated carbocycles. The van der Waals surface area contributed by atoms with E-state index in [0.717, 1.165) is 67.6 Å². The van der Waals surface area contributed by atoms with Gasteiger partial charge in [-0.3, -0.25) is 9.59 Å². The number of unbranched alkanes of at least 4 members (excludes halogenated alkanes) is 2. The maximum Gasteiger partial charge on any atom is 0.310 e. The summed E-state index contributed by atoms with van der Waals surface area (Å²) in [4.78, 5) is 33.6. The topological polar surface area (TPSA) is 81.3 Å². The molecule has 0 bridgehead atoms. The maximum atomic E-state index is 13.0. The fraction of sp³-hybridized carbons (Fsp3) is 0.679. The number of benzene rings is 1. The van der Waals surface area contributed by atoms with Gasteiger partial charge in [0.1, 0.15) is 0 Å². The van der Waals surface area contributed by atoms with Gasteiger partial charge in [-0.15, -0.1) is 0 Å². The SMILES string of the molecule is CCCCC(CC)COC(=O)CC(CSc1nc2ccccc2[nH]1)C(=O)OCC(CC)CCCC. The van der Waals surface area contributed by atoms with Crippen LogP contribution < -0.4 is 0 Å². The molecule has 1 aromatic carbocycles. The molecule has 7 heteroatoms. The molecule has 196 valence electrons. The number of imidazole rings is 1. The normalized spacial score (nSPS) is 13.9. The quantitative estimate of drug-likeness (QED) is 0.171. The lowest BCUT2D eigenvalue weighted by Crippen LogP contribution is -2.27. The Morgan fingerprint density at radius 3 is 2.17 bits per heavy atom. The lowest BCUT2D eigenvalue weighted by Gasteiger charge is -2.19. The van der Waals surface area contributed by atoms with Crippen LogP contribution in [0.4, 0.5) is 0 Å². The van der Waals surface area contributed by atoms with Gasteiger partial charge in [0.2, 0.25) is 0 Å². The first-order valence-corrected chi connectivity index (χ1v) is 14.4. The molecule has 0 aliphatic carbocycles. The molecule has 0 aliphatic heterocycles. The Labute approximate surface area is 215 Å². The van der Waals surface area contributed by atoms with Crippen molar-refractivity contribution in [3.8, 4) is 0 Å². The fourth-order valence-electron chi connectivity index (χ4n) is 3.97. The number of esters is 2. The van der Waals surface area contributed by atoms with Crippen LogP contribution in [0.3, 0.4) is 0 Å². The zero-order valence-corrected chi connectivity index (χ0v) is 22.8. The van der Waals surface area contributed by atoms with E-state index in [2.05, 4.69) is 37.7 Å². The Morgan fingerprint density at radius 2 is 1.57 bits per heavy atom. The first-order chi connectivity index (χ1) is 17.0. The first-order valence-electron chi connectivity index (χ1n) is 13.4. The predicted molar refractivity (Wildman–Crippen MR) is 143 cm³/mol. The number of rotatable bonds is 18. The first kappa shape index (κ1) is 29.2. The van der Waals surface area contributed by atoms with Gasteiger partial charge in [-0.1, -0.05) is 90.1 Å². The highest BCUT2D eigenvalue weighted by molar-refractivity contribution is 7.99. The average Bonchev–Trinajstić information content (AvgIpc) is 3.29. The van der Waals surface area contributed by atoms with Crippen molar-refractivity contribution in [3.63, 3.8) is 0 Å². The molecule has 3 unspecified atom stereocenters. The molecule has 0 radical (unpaired) electrons. The molecule has 2 aromatic rings. The summed E-state index contributed by atoms with van der Waals surface area (Å²) in [6.07, 6.45) is 8.63. The van der Waals surface area contributed by atoms with Crippen molar-refractivity contribution in [1.29, 1.82) is 0 Å². The summed E-state index contributed by atoms with van der Waals surface area (Å²) in [5.41, 5.74) is 1.83. The molecule has 1 heterocycles. The highest BCUT2D eigenvalue weighted by Crippen LogP contribution is 2.24. The van der Waals surface area contributed by atoms with Crippen LogP contribution in [0.15, 0.2) is 29.4 Å². The second kappa shape index (κ2) is 16.6. The molecule has 1 aromatic heterocycles. The largest absolute Gasteiger partial charge is 0.465 e. The average molecular weight is 505 g/mol. The predicted octanol–water partition coefficient (Wildman–Crippen LogP) is 7.18. The molecule has 0 aliphatic rings. The summed E-state index contributed by atoms with van der Waals surface area (Å²) in [6.45, 7) is 9.42. The van der Waals surface area contributed by atoms with Crippen molar-refractivity contribution in [2.75, 3.05) is 19.0 Å². The number of H-pyrrole nitrogens is 1. The number of thioether (sulfide) groups is 1. The molecule has 35 heavy (non-hydrogen) atoms. The lowest BCUT2D eigenvalue weighted by molar-refractivity contribution is -0.156. The summed E-state index contributed by atoms with van der Waals surface area (Å²) in [6, 6.07) is 7.82. The number of aromatic amines is 1. The van der Waals surface area contributed by atoms with Crippen molar-refractivity contribution in [3.05, 3.63) is 24.3 Å². The van der Waals surface area contributed by atoms with Crippen LogP contribution in [0.5, 0.6) is 0 Å². The third kappa shape index (κ3) is 10.6. The number of ether oxygens (including phenoxy) is 2. The molecule has 0 amide bonds. The molecule has 2 rings (SSSR count). The minimum atomic E-state index is -0.569. The third-order valence-corrected chi connectivity index (χ3v) is 7.60. The number of hydrogen-bond donors (Lipinski definition) is 1. The van der Waals surface area contributed by atoms with Crippen molar-refractivity contribution in [1.82, 2.24) is 9.97 Å². The second-order valence-electron chi connectivity index (χ2n) is 9.42. The molecule has 1 N–H and O–H groups in total. The van der Waals surface area contributed by atoms with Crippen molar-refractivity contribution >= 4 is 34.7 Å². The van der Waals surface area contributed by atoms with Crippen LogP contribution in [-0.2, 0) is 19.1 Å². The van der Waals surface area contributed by atoms with E-state index in [-0.39, 0.29) is 18.4 Å². The van der Waals surface area contributed by atoms with Gasteiger partial charge in [0, 0.05) is 5.75 Å². The summed E-state index contributed by atoms with van der Waals surface area (Å²) >= 11 is 1.44. The van der Waals surface area contributed by atoms with E-state index < -0.39 is 5.92 Å². The van der Waals surface area contributed by atoms with Crippen LogP contribution in [0.2, 0.25) is 0 Å². The number of fused-ring (bicyclic) bond motifs is 1. The van der Waals surface area contributed by atoms with Gasteiger partial charge in [-0.25, -0.2) is 4.98 Å². The van der Waals surface area contributed by atoms with Crippen LogP contribution in [0.25, 0.3) is 11.0 Å². The zero-order chi connectivity index (χ0) is 25.5. The van der Waals surface area contributed by atoms with Gasteiger partial charge in [-0.2, -0.15) is 0 Å². The monoisotopic (exact) mass is 504 g/mol. The molecule has 0 saturated heterocycles. The standard InChI is InChI=1S/C28H44N2O4S/c1-5-9-13-21(7-3)18-33-26(31)17-23(27(32)34-19-22(8-4)14-10-6-2)20-35-28-29-24-15-11-12-16-25(24)30-28/h11-12,15-16,21-23H,5-10,13-14,17-20H2,1-4H3,(H,29,30). The van der Waals surface area contributed by atoms with Gasteiger partial charge < -0.3 is 14.5 Å². The Hall–Kier alpha value is -2.02. The highest BCUT2D eigenvalue weighted by atomic mass is 32.2. The van der Waals surface area contributed by atoms with Crippen LogP contribution in [0.1, 0.15) is 85.5 Å². The molecular formula is C28H44N2O4S. The van der Waals surface area contributed by atoms with Gasteiger partial charge in [0.25, 0.3) is 0 Å². The molecular weight excluding hydrogens is 460 g/mol. The smallest absolute Gasteiger partial charge is 0.310 e. The summed E-state index contributed by atoms with van der Waals surface area (Å²) in [5, 5.41) is 0.734. The minimum Gasteiger partial charge on any atom is -0.465 e. The number of nitrogens with one attached hydrogen (secondary N) is 1. The second-order valence-corrected chi connectivity index (χ2v) is 10.4. The van der Waals surface area contributed by atoms with Crippen LogP contribution in [0, 0.1) is 17.8 Å². The van der Waals surface area contributed by atoms with Gasteiger partial charge >= 0.3 is 11.9 Å². The fourth-order valence-corrected chi connectivity index (χ4v) is 4.93. The van der Waals surface area contributed by atoms with E-state index in [1.165, 1.54) is 11.8 Å². The number of carbonyl (C=O) groups excluding carboxylic acids is 2. The zero-order valence-electron chi connectivity index (χ0n) is 22.0. The van der Waals surface area contributed by atoms with Gasteiger partial charge in [0.05, 0.1) is 36.6 Å². The third-order valence-electron chi connectivity index (χ3n) is 6.56. The lowest BCUT2D eigenvalue weighted by atomic mass is 10.0. The number of nitrogens with zero attached hydrogens (tertiary/aromatic N) is 1. The summed E-state index contributed by atoms with van der Waals surface area (Å²) in [7, 11) is 0. The van der Waals surface area contributed by atoms with Crippen LogP contribution >= 0.6 is 11.8 Å². The van der Waals surface area contributed by atoms with E-state index in [1.807, 2.05) is 24.3 Å². The van der Waals surface area contributed by atoms with Crippen molar-refractivity contribution < 1.29 is 19.1 Å². The summed E-state index contributed by atoms with van der Waals surface area (Å²) in [5.74, 6) is -0.0766.